The minimum atomic E-state index is 0.567. The van der Waals surface area contributed by atoms with E-state index in [-0.39, 0.29) is 0 Å². The van der Waals surface area contributed by atoms with Crippen molar-refractivity contribution < 1.29 is 0 Å². The smallest absolute Gasteiger partial charge is 0.0863 e. The van der Waals surface area contributed by atoms with Crippen molar-refractivity contribution in [1.29, 1.82) is 5.26 Å². The summed E-state index contributed by atoms with van der Waals surface area (Å²) >= 11 is 0. The topological polar surface area (TPSA) is 27.0 Å². The predicted molar refractivity (Wildman–Crippen MR) is 75.0 cm³/mol. The van der Waals surface area contributed by atoms with Gasteiger partial charge in [-0.25, -0.2) is 0 Å². The van der Waals surface area contributed by atoms with Crippen molar-refractivity contribution in [1.82, 2.24) is 4.90 Å². The van der Waals surface area contributed by atoms with Gasteiger partial charge in [0.05, 0.1) is 12.6 Å². The highest BCUT2D eigenvalue weighted by molar-refractivity contribution is 4.73. The summed E-state index contributed by atoms with van der Waals surface area (Å²) in [5.41, 5.74) is 0. The van der Waals surface area contributed by atoms with Crippen LogP contribution in [0.4, 0.5) is 0 Å². The molecule has 0 aliphatic carbocycles. The molecule has 0 aliphatic rings. The summed E-state index contributed by atoms with van der Waals surface area (Å²) in [6.45, 7) is 3.91. The molecule has 0 bridgehead atoms. The van der Waals surface area contributed by atoms with E-state index < -0.39 is 0 Å². The molecule has 0 aromatic heterocycles. The van der Waals surface area contributed by atoms with Crippen LogP contribution in [-0.4, -0.2) is 25.0 Å². The molecule has 17 heavy (non-hydrogen) atoms. The molecule has 100 valence electrons. The lowest BCUT2D eigenvalue weighted by molar-refractivity contribution is 0.359. The Balaban J connectivity index is 3.01. The maximum absolute atomic E-state index is 8.51. The molecular weight excluding hydrogens is 208 g/mol. The minimum Gasteiger partial charge on any atom is -0.294 e. The van der Waals surface area contributed by atoms with Crippen molar-refractivity contribution in [3.63, 3.8) is 0 Å². The molecule has 0 spiro atoms. The average molecular weight is 238 g/mol. The lowest BCUT2D eigenvalue weighted by Crippen LogP contribution is -2.19. The van der Waals surface area contributed by atoms with Crippen LogP contribution < -0.4 is 0 Å². The Morgan fingerprint density at radius 1 is 0.824 bits per heavy atom. The number of nitrogens with zero attached hydrogens (tertiary/aromatic N) is 2. The zero-order chi connectivity index (χ0) is 12.8. The summed E-state index contributed by atoms with van der Waals surface area (Å²) in [5, 5.41) is 8.51. The first-order valence-corrected chi connectivity index (χ1v) is 7.36. The molecule has 0 atom stereocenters. The fraction of sp³-hybridized carbons (Fsp3) is 0.933. The second-order valence-corrected chi connectivity index (χ2v) is 5.08. The van der Waals surface area contributed by atoms with E-state index in [9.17, 15) is 0 Å². The van der Waals surface area contributed by atoms with Gasteiger partial charge in [0.2, 0.25) is 0 Å². The highest BCUT2D eigenvalue weighted by atomic mass is 15.1. The van der Waals surface area contributed by atoms with E-state index in [0.717, 1.165) is 6.54 Å². The van der Waals surface area contributed by atoms with Crippen molar-refractivity contribution >= 4 is 0 Å². The quantitative estimate of drug-likeness (QED) is 0.373. The van der Waals surface area contributed by atoms with Crippen LogP contribution in [0.2, 0.25) is 0 Å². The molecule has 0 aliphatic heterocycles. The van der Waals surface area contributed by atoms with Crippen LogP contribution in [0.15, 0.2) is 0 Å². The molecule has 0 aromatic rings. The van der Waals surface area contributed by atoms with Gasteiger partial charge in [0, 0.05) is 0 Å². The van der Waals surface area contributed by atoms with Crippen LogP contribution in [0.5, 0.6) is 0 Å². The van der Waals surface area contributed by atoms with Gasteiger partial charge in [-0.05, 0) is 20.0 Å². The molecule has 0 amide bonds. The monoisotopic (exact) mass is 238 g/mol. The normalized spacial score (nSPS) is 10.7. The first kappa shape index (κ1) is 16.4. The van der Waals surface area contributed by atoms with Gasteiger partial charge in [-0.3, -0.25) is 4.90 Å². The molecule has 0 N–H and O–H groups in total. The Bertz CT molecular complexity index is 184. The third-order valence-electron chi connectivity index (χ3n) is 3.23. The first-order chi connectivity index (χ1) is 8.31. The van der Waals surface area contributed by atoms with E-state index in [1.54, 1.807) is 0 Å². The van der Waals surface area contributed by atoms with Crippen LogP contribution >= 0.6 is 0 Å². The standard InChI is InChI=1S/C15H30N2/c1-3-4-5-6-7-8-9-10-11-12-14-17(2)15-13-16/h3-12,14-15H2,1-2H3. The van der Waals surface area contributed by atoms with Gasteiger partial charge in [0.15, 0.2) is 0 Å². The van der Waals surface area contributed by atoms with Gasteiger partial charge in [-0.15, -0.1) is 0 Å². The third kappa shape index (κ3) is 13.4. The molecule has 0 saturated carbocycles. The highest BCUT2D eigenvalue weighted by Crippen LogP contribution is 2.10. The second-order valence-electron chi connectivity index (χ2n) is 5.08. The molecule has 0 unspecified atom stereocenters. The van der Waals surface area contributed by atoms with Crippen molar-refractivity contribution in [3.05, 3.63) is 0 Å². The van der Waals surface area contributed by atoms with E-state index in [0.29, 0.717) is 6.54 Å². The molecule has 0 aromatic carbocycles. The Hall–Kier alpha value is -0.550. The zero-order valence-electron chi connectivity index (χ0n) is 11.9. The highest BCUT2D eigenvalue weighted by Gasteiger charge is 1.96. The summed E-state index contributed by atoms with van der Waals surface area (Å²) in [6, 6.07) is 2.18. The molecular formula is C15H30N2. The van der Waals surface area contributed by atoms with Crippen LogP contribution in [-0.2, 0) is 0 Å². The fourth-order valence-electron chi connectivity index (χ4n) is 2.07. The fourth-order valence-corrected chi connectivity index (χ4v) is 2.07. The molecule has 2 heteroatoms. The van der Waals surface area contributed by atoms with Crippen LogP contribution in [0.25, 0.3) is 0 Å². The molecule has 0 heterocycles. The van der Waals surface area contributed by atoms with Gasteiger partial charge in [-0.2, -0.15) is 5.26 Å². The van der Waals surface area contributed by atoms with Crippen molar-refractivity contribution in [2.75, 3.05) is 20.1 Å². The largest absolute Gasteiger partial charge is 0.294 e. The Kier molecular flexibility index (Phi) is 13.1. The Morgan fingerprint density at radius 3 is 1.76 bits per heavy atom. The second kappa shape index (κ2) is 13.5. The summed E-state index contributed by atoms with van der Waals surface area (Å²) in [5.74, 6) is 0. The number of nitriles is 1. The predicted octanol–water partition coefficient (Wildman–Crippen LogP) is 4.36. The molecule has 0 saturated heterocycles. The lowest BCUT2D eigenvalue weighted by Gasteiger charge is -2.11. The van der Waals surface area contributed by atoms with Crippen molar-refractivity contribution in [2.45, 2.75) is 71.1 Å². The van der Waals surface area contributed by atoms with Gasteiger partial charge < -0.3 is 0 Å². The maximum atomic E-state index is 8.51. The minimum absolute atomic E-state index is 0.567. The number of hydrogen-bond acceptors (Lipinski definition) is 2. The van der Waals surface area contributed by atoms with E-state index in [1.807, 2.05) is 7.05 Å². The number of unbranched alkanes of at least 4 members (excludes halogenated alkanes) is 9. The average Bonchev–Trinajstić information content (AvgIpc) is 2.32. The third-order valence-corrected chi connectivity index (χ3v) is 3.23. The van der Waals surface area contributed by atoms with E-state index in [1.165, 1.54) is 64.2 Å². The van der Waals surface area contributed by atoms with Crippen molar-refractivity contribution in [3.8, 4) is 6.07 Å². The zero-order valence-corrected chi connectivity index (χ0v) is 11.9. The molecule has 0 rings (SSSR count). The molecule has 0 fully saturated rings. The summed E-state index contributed by atoms with van der Waals surface area (Å²) in [4.78, 5) is 2.10. The molecule has 0 radical (unpaired) electrons. The SMILES string of the molecule is CCCCCCCCCCCCN(C)CC#N. The number of hydrogen-bond donors (Lipinski definition) is 0. The van der Waals surface area contributed by atoms with Crippen LogP contribution in [0, 0.1) is 11.3 Å². The number of rotatable bonds is 12. The maximum Gasteiger partial charge on any atom is 0.0863 e. The van der Waals surface area contributed by atoms with Gasteiger partial charge >= 0.3 is 0 Å². The van der Waals surface area contributed by atoms with Crippen LogP contribution in [0.3, 0.4) is 0 Å². The van der Waals surface area contributed by atoms with Gasteiger partial charge in [0.1, 0.15) is 0 Å². The summed E-state index contributed by atoms with van der Waals surface area (Å²) < 4.78 is 0. The lowest BCUT2D eigenvalue weighted by atomic mass is 10.1. The molecule has 2 nitrogen and oxygen atoms in total. The van der Waals surface area contributed by atoms with E-state index in [4.69, 9.17) is 5.26 Å². The summed E-state index contributed by atoms with van der Waals surface area (Å²) in [6.07, 6.45) is 13.8. The van der Waals surface area contributed by atoms with Crippen LogP contribution in [0.1, 0.15) is 71.1 Å². The Morgan fingerprint density at radius 2 is 1.29 bits per heavy atom. The van der Waals surface area contributed by atoms with Crippen molar-refractivity contribution in [2.24, 2.45) is 0 Å². The van der Waals surface area contributed by atoms with E-state index >= 15 is 0 Å². The van der Waals surface area contributed by atoms with Gasteiger partial charge in [-0.1, -0.05) is 64.7 Å². The summed E-state index contributed by atoms with van der Waals surface area (Å²) in [7, 11) is 2.02. The first-order valence-electron chi connectivity index (χ1n) is 7.36. The van der Waals surface area contributed by atoms with Gasteiger partial charge in [0.25, 0.3) is 0 Å². The van der Waals surface area contributed by atoms with E-state index in [2.05, 4.69) is 17.9 Å². The Labute approximate surface area is 108 Å².